The first-order chi connectivity index (χ1) is 17.5. The molecule has 2 atom stereocenters. The van der Waals surface area contributed by atoms with Crippen molar-refractivity contribution >= 4 is 28.7 Å². The summed E-state index contributed by atoms with van der Waals surface area (Å²) in [5.74, 6) is 0.348. The van der Waals surface area contributed by atoms with E-state index >= 15 is 0 Å². The fourth-order valence-corrected chi connectivity index (χ4v) is 5.51. The van der Waals surface area contributed by atoms with Crippen LogP contribution in [0.3, 0.4) is 0 Å². The van der Waals surface area contributed by atoms with Crippen LogP contribution in [0, 0.1) is 5.92 Å². The molecular weight excluding hydrogens is 454 g/mol. The Morgan fingerprint density at radius 2 is 1.75 bits per heavy atom. The van der Waals surface area contributed by atoms with Gasteiger partial charge in [-0.2, -0.15) is 0 Å². The third kappa shape index (κ3) is 4.01. The van der Waals surface area contributed by atoms with Gasteiger partial charge in [0.05, 0.1) is 16.9 Å². The van der Waals surface area contributed by atoms with Crippen molar-refractivity contribution in [1.82, 2.24) is 5.53 Å². The Bertz CT molecular complexity index is 1290. The Balaban J connectivity index is 1.72. The van der Waals surface area contributed by atoms with Crippen LogP contribution >= 0.6 is 0 Å². The number of nitrogens with zero attached hydrogens (tertiary/aromatic N) is 2. The molecule has 0 spiro atoms. The molecule has 1 aliphatic carbocycles. The Morgan fingerprint density at radius 1 is 1.03 bits per heavy atom. The number of hydrogen-bond acceptors (Lipinski definition) is 6. The van der Waals surface area contributed by atoms with Crippen LogP contribution in [-0.2, 0) is 0 Å². The van der Waals surface area contributed by atoms with Crippen LogP contribution in [0.1, 0.15) is 55.1 Å². The summed E-state index contributed by atoms with van der Waals surface area (Å²) < 4.78 is 8.87. The van der Waals surface area contributed by atoms with E-state index in [1.165, 1.54) is 0 Å². The van der Waals surface area contributed by atoms with Gasteiger partial charge in [0.15, 0.2) is 0 Å². The summed E-state index contributed by atoms with van der Waals surface area (Å²) in [4.78, 5) is 14.7. The van der Waals surface area contributed by atoms with Gasteiger partial charge >= 0.3 is 5.97 Å². The van der Waals surface area contributed by atoms with Crippen LogP contribution in [-0.4, -0.2) is 47.5 Å². The molecule has 0 aromatic heterocycles. The maximum Gasteiger partial charge on any atom is 0.336 e. The first kappa shape index (κ1) is 23.9. The number of aromatic carboxylic acids is 1. The number of anilines is 3. The first-order valence-electron chi connectivity index (χ1n) is 12.8. The van der Waals surface area contributed by atoms with Crippen molar-refractivity contribution in [3.8, 4) is 5.75 Å². The number of nitrogens with one attached hydrogen (secondary N) is 3. The zero-order valence-electron chi connectivity index (χ0n) is 21.3. The van der Waals surface area contributed by atoms with Crippen LogP contribution < -0.4 is 26.0 Å². The van der Waals surface area contributed by atoms with Crippen LogP contribution in [0.2, 0.25) is 0 Å². The fraction of sp³-hybridized carbons (Fsp3) is 0.357. The van der Waals surface area contributed by atoms with Crippen LogP contribution in [0.5, 0.6) is 5.75 Å². The van der Waals surface area contributed by atoms with Gasteiger partial charge in [-0.25, -0.2) is 9.37 Å². The van der Waals surface area contributed by atoms with Gasteiger partial charge in [0.25, 0.3) is 0 Å². The summed E-state index contributed by atoms with van der Waals surface area (Å²) in [6.07, 6.45) is 6.42. The molecule has 2 heterocycles. The maximum absolute atomic E-state index is 12.4. The topological polar surface area (TPSA) is 88.9 Å². The lowest BCUT2D eigenvalue weighted by atomic mass is 9.74. The highest BCUT2D eigenvalue weighted by atomic mass is 16.5. The van der Waals surface area contributed by atoms with Gasteiger partial charge in [-0.1, -0.05) is 12.1 Å². The van der Waals surface area contributed by atoms with E-state index in [0.29, 0.717) is 5.69 Å². The third-order valence-corrected chi connectivity index (χ3v) is 7.42. The predicted molar refractivity (Wildman–Crippen MR) is 143 cm³/mol. The second kappa shape index (κ2) is 9.70. The van der Waals surface area contributed by atoms with Crippen molar-refractivity contribution in [2.75, 3.05) is 41.9 Å². The van der Waals surface area contributed by atoms with Crippen molar-refractivity contribution in [2.45, 2.75) is 33.6 Å². The second-order valence-corrected chi connectivity index (χ2v) is 9.17. The van der Waals surface area contributed by atoms with E-state index < -0.39 is 5.97 Å². The summed E-state index contributed by atoms with van der Waals surface area (Å²) in [7, 11) is 0. The molecule has 2 aliphatic heterocycles. The van der Waals surface area contributed by atoms with E-state index in [1.807, 2.05) is 6.07 Å². The molecule has 0 bridgehead atoms. The average molecular weight is 489 g/mol. The molecule has 8 nitrogen and oxygen atoms in total. The van der Waals surface area contributed by atoms with Crippen LogP contribution in [0.15, 0.2) is 54.3 Å². The summed E-state index contributed by atoms with van der Waals surface area (Å²) in [5, 5.41) is 10.2. The minimum Gasteiger partial charge on any atom is -0.478 e. The number of carboxylic acids is 1. The van der Waals surface area contributed by atoms with E-state index in [2.05, 4.69) is 90.0 Å². The highest BCUT2D eigenvalue weighted by Crippen LogP contribution is 2.50. The summed E-state index contributed by atoms with van der Waals surface area (Å²) in [6, 6.07) is 9.95. The largest absolute Gasteiger partial charge is 0.478 e. The Hall–Kier alpha value is -3.78. The molecule has 4 N–H and O–H groups in total. The Kier molecular flexibility index (Phi) is 6.45. The molecule has 2 aromatic rings. The van der Waals surface area contributed by atoms with E-state index in [4.69, 9.17) is 4.74 Å². The average Bonchev–Trinajstić information content (AvgIpc) is 3.35. The molecule has 0 amide bonds. The zero-order chi connectivity index (χ0) is 25.4. The monoisotopic (exact) mass is 488 g/mol. The van der Waals surface area contributed by atoms with Crippen molar-refractivity contribution < 1.29 is 19.2 Å². The molecule has 3 aliphatic rings. The maximum atomic E-state index is 12.4. The highest BCUT2D eigenvalue weighted by molar-refractivity contribution is 6.02. The number of hydrazine groups is 2. The van der Waals surface area contributed by atoms with Crippen LogP contribution in [0.4, 0.5) is 17.1 Å². The molecule has 0 fully saturated rings. The SMILES string of the molecule is CCN(CC)c1ccc2c(c1)OC1=CC(=[N+](CC)CC)C=C[C@H]1[C@H]2c1cc2c(cc1C(=O)O)NNN2. The van der Waals surface area contributed by atoms with Crippen molar-refractivity contribution in [1.29, 1.82) is 0 Å². The van der Waals surface area contributed by atoms with Gasteiger partial charge in [-0.15, -0.1) is 5.53 Å². The van der Waals surface area contributed by atoms with E-state index in [9.17, 15) is 9.90 Å². The van der Waals surface area contributed by atoms with Crippen LogP contribution in [0.25, 0.3) is 0 Å². The second-order valence-electron chi connectivity index (χ2n) is 9.17. The van der Waals surface area contributed by atoms with Gasteiger partial charge in [0, 0.05) is 54.4 Å². The summed E-state index contributed by atoms with van der Waals surface area (Å²) in [5.41, 5.74) is 14.7. The Morgan fingerprint density at radius 3 is 2.42 bits per heavy atom. The fourth-order valence-electron chi connectivity index (χ4n) is 5.51. The quantitative estimate of drug-likeness (QED) is 0.425. The molecule has 0 radical (unpaired) electrons. The highest BCUT2D eigenvalue weighted by Gasteiger charge is 2.39. The number of benzene rings is 2. The molecule has 0 saturated heterocycles. The first-order valence-corrected chi connectivity index (χ1v) is 12.8. The number of carbonyl (C=O) groups is 1. The normalized spacial score (nSPS) is 19.2. The lowest BCUT2D eigenvalue weighted by molar-refractivity contribution is -0.519. The number of rotatable bonds is 7. The minimum absolute atomic E-state index is 0.116. The van der Waals surface area contributed by atoms with Gasteiger partial charge in [0.2, 0.25) is 5.71 Å². The van der Waals surface area contributed by atoms with E-state index in [1.54, 1.807) is 6.07 Å². The van der Waals surface area contributed by atoms with Crippen molar-refractivity contribution in [2.24, 2.45) is 5.92 Å². The smallest absolute Gasteiger partial charge is 0.336 e. The summed E-state index contributed by atoms with van der Waals surface area (Å²) in [6.45, 7) is 12.2. The number of ether oxygens (including phenoxy) is 1. The standard InChI is InChI=1S/C28H33N5O3/c1-5-32(6-2)17-9-11-19-25(13-17)36-26-14-18(33(7-3)8-4)10-12-20(26)27(19)21-15-23-24(30-31-29-23)16-22(21)28(34)35/h9-16,19,27,29-31H,5-8H2,1-4H3/p+1/t19-,27-/m1/s1. The van der Waals surface area contributed by atoms with Gasteiger partial charge in [0.1, 0.15) is 24.6 Å². The molecule has 0 unspecified atom stereocenters. The lowest BCUT2D eigenvalue weighted by Crippen LogP contribution is -2.30. The van der Waals surface area contributed by atoms with E-state index in [-0.39, 0.29) is 17.4 Å². The Labute approximate surface area is 211 Å². The number of allylic oxidation sites excluding steroid dienone is 3. The molecule has 188 valence electrons. The predicted octanol–water partition coefficient (Wildman–Crippen LogP) is 4.58. The number of carboxylic acid groups (broad SMARTS) is 1. The molecule has 0 saturated carbocycles. The van der Waals surface area contributed by atoms with E-state index in [0.717, 1.165) is 65.9 Å². The number of fused-ring (bicyclic) bond motifs is 3. The molecule has 2 aromatic carbocycles. The zero-order valence-corrected chi connectivity index (χ0v) is 21.3. The van der Waals surface area contributed by atoms with Gasteiger partial charge in [-0.3, -0.25) is 0 Å². The molecule has 5 rings (SSSR count). The minimum atomic E-state index is -0.949. The number of hydrogen-bond donors (Lipinski definition) is 4. The van der Waals surface area contributed by atoms with Crippen molar-refractivity contribution in [3.05, 3.63) is 71.0 Å². The molecule has 36 heavy (non-hydrogen) atoms. The molecular formula is C28H34N5O3+. The lowest BCUT2D eigenvalue weighted by Gasteiger charge is -2.36. The summed E-state index contributed by atoms with van der Waals surface area (Å²) >= 11 is 0. The third-order valence-electron chi connectivity index (χ3n) is 7.42. The van der Waals surface area contributed by atoms with Gasteiger partial charge in [-0.05, 0) is 51.5 Å². The van der Waals surface area contributed by atoms with Crippen molar-refractivity contribution in [3.63, 3.8) is 0 Å². The molecule has 8 heteroatoms. The van der Waals surface area contributed by atoms with Gasteiger partial charge < -0.3 is 25.6 Å².